The Morgan fingerprint density at radius 2 is 1.93 bits per heavy atom. The number of amides is 1. The predicted molar refractivity (Wildman–Crippen MR) is 63.0 cm³/mol. The van der Waals surface area contributed by atoms with E-state index in [0.717, 1.165) is 6.54 Å². The summed E-state index contributed by atoms with van der Waals surface area (Å²) < 4.78 is 1.93. The number of nitrogens with zero attached hydrogens (tertiary/aromatic N) is 2. The number of halogens is 1. The highest BCUT2D eigenvalue weighted by atomic mass is 127. The van der Waals surface area contributed by atoms with Crippen LogP contribution in [0.15, 0.2) is 0 Å². The van der Waals surface area contributed by atoms with Gasteiger partial charge in [-0.1, -0.05) is 0 Å². The number of carbonyl (C=O) groups excluding carboxylic acids is 2. The van der Waals surface area contributed by atoms with Gasteiger partial charge in [-0.2, -0.15) is 0 Å². The predicted octanol–water partition coefficient (Wildman–Crippen LogP) is -0.355. The van der Waals surface area contributed by atoms with E-state index in [2.05, 4.69) is 22.9 Å². The van der Waals surface area contributed by atoms with Gasteiger partial charge in [0.1, 0.15) is 5.78 Å². The second kappa shape index (κ2) is 7.13. The molecule has 82 valence electrons. The van der Waals surface area contributed by atoms with Crippen LogP contribution in [0.25, 0.3) is 0 Å². The van der Waals surface area contributed by atoms with Crippen molar-refractivity contribution < 1.29 is 9.59 Å². The summed E-state index contributed by atoms with van der Waals surface area (Å²) >= 11 is 2.12. The molecule has 5 nitrogen and oxygen atoms in total. The van der Waals surface area contributed by atoms with E-state index >= 15 is 0 Å². The molecule has 1 amide bonds. The summed E-state index contributed by atoms with van der Waals surface area (Å²) in [4.78, 5) is 23.6. The molecule has 0 aliphatic heterocycles. The minimum Gasteiger partial charge on any atom is -0.333 e. The maximum atomic E-state index is 11.3. The number of hydrogen-bond donors (Lipinski definition) is 1. The molecule has 0 aliphatic rings. The van der Waals surface area contributed by atoms with Crippen LogP contribution < -0.4 is 5.73 Å². The summed E-state index contributed by atoms with van der Waals surface area (Å²) in [5.41, 5.74) is 5.24. The maximum absolute atomic E-state index is 11.3. The number of nitrogens with two attached hydrogens (primary N) is 1. The topological polar surface area (TPSA) is 66.6 Å². The van der Waals surface area contributed by atoms with E-state index in [0.29, 0.717) is 6.54 Å². The van der Waals surface area contributed by atoms with Crippen LogP contribution in [0.3, 0.4) is 0 Å². The Bertz CT molecular complexity index is 209. The zero-order valence-corrected chi connectivity index (χ0v) is 10.7. The second-order valence-electron chi connectivity index (χ2n) is 3.05. The van der Waals surface area contributed by atoms with E-state index in [1.807, 2.05) is 10.2 Å². The Kier molecular flexibility index (Phi) is 7.02. The quantitative estimate of drug-likeness (QED) is 0.537. The zero-order chi connectivity index (χ0) is 11.1. The van der Waals surface area contributed by atoms with Crippen molar-refractivity contribution in [3.63, 3.8) is 0 Å². The number of carbonyl (C=O) groups is 2. The number of ketones is 1. The molecule has 0 bridgehead atoms. The van der Waals surface area contributed by atoms with Crippen molar-refractivity contribution in [2.24, 2.45) is 5.73 Å². The van der Waals surface area contributed by atoms with E-state index < -0.39 is 0 Å². The van der Waals surface area contributed by atoms with Gasteiger partial charge < -0.3 is 10.6 Å². The summed E-state index contributed by atoms with van der Waals surface area (Å²) in [5.74, 6) is -0.207. The Balaban J connectivity index is 4.10. The fraction of sp³-hybridized carbons (Fsp3) is 0.750. The molecule has 0 aromatic rings. The first-order valence-electron chi connectivity index (χ1n) is 4.31. The van der Waals surface area contributed by atoms with Crippen LogP contribution in [0.5, 0.6) is 0 Å². The van der Waals surface area contributed by atoms with E-state index in [1.54, 1.807) is 0 Å². The Morgan fingerprint density at radius 1 is 1.36 bits per heavy atom. The molecule has 0 heterocycles. The summed E-state index contributed by atoms with van der Waals surface area (Å²) in [5, 5.41) is 0. The van der Waals surface area contributed by atoms with Crippen molar-refractivity contribution >= 4 is 34.6 Å². The van der Waals surface area contributed by atoms with E-state index in [1.165, 1.54) is 11.8 Å². The molecule has 0 rings (SSSR count). The number of Topliss-reactive ketones (excluding diaryl/α,β-unsaturated/α-hetero) is 1. The third-order valence-corrected chi connectivity index (χ3v) is 2.10. The van der Waals surface area contributed by atoms with Gasteiger partial charge in [0, 0.05) is 36.0 Å². The van der Waals surface area contributed by atoms with Crippen molar-refractivity contribution in [1.29, 1.82) is 0 Å². The van der Waals surface area contributed by atoms with Crippen LogP contribution in [0.2, 0.25) is 0 Å². The molecule has 0 fully saturated rings. The van der Waals surface area contributed by atoms with E-state index in [-0.39, 0.29) is 24.8 Å². The van der Waals surface area contributed by atoms with Gasteiger partial charge >= 0.3 is 0 Å². The fourth-order valence-corrected chi connectivity index (χ4v) is 1.16. The molecule has 0 aromatic carbocycles. The molecular weight excluding hydrogens is 297 g/mol. The molecule has 0 aromatic heterocycles. The standard InChI is InChI=1S/C8H16IN3O2/c1-7(13)6-12(8(14)5-10)4-3-11(2)9/h3-6,10H2,1-2H3. The van der Waals surface area contributed by atoms with Crippen LogP contribution in [0, 0.1) is 0 Å². The van der Waals surface area contributed by atoms with Crippen molar-refractivity contribution in [3.05, 3.63) is 0 Å². The molecule has 0 aliphatic carbocycles. The molecule has 6 heteroatoms. The van der Waals surface area contributed by atoms with Gasteiger partial charge in [-0.05, 0) is 14.0 Å². The van der Waals surface area contributed by atoms with Crippen molar-refractivity contribution in [2.75, 3.05) is 33.2 Å². The second-order valence-corrected chi connectivity index (χ2v) is 4.70. The average Bonchev–Trinajstić information content (AvgIpc) is 2.10. The summed E-state index contributed by atoms with van der Waals surface area (Å²) in [6, 6.07) is 0. The molecule has 0 atom stereocenters. The minimum absolute atomic E-state index is 0.0251. The monoisotopic (exact) mass is 313 g/mol. The third-order valence-electron chi connectivity index (χ3n) is 1.62. The number of rotatable bonds is 6. The Hall–Kier alpha value is -0.210. The van der Waals surface area contributed by atoms with Gasteiger partial charge in [-0.15, -0.1) is 0 Å². The van der Waals surface area contributed by atoms with Gasteiger partial charge in [0.25, 0.3) is 0 Å². The Labute approximate surface area is 98.1 Å². The molecule has 0 unspecified atom stereocenters. The highest BCUT2D eigenvalue weighted by molar-refractivity contribution is 14.1. The largest absolute Gasteiger partial charge is 0.333 e. The summed E-state index contributed by atoms with van der Waals surface area (Å²) in [6.45, 7) is 2.83. The first kappa shape index (κ1) is 13.8. The van der Waals surface area contributed by atoms with Gasteiger partial charge in [-0.3, -0.25) is 9.59 Å². The molecule has 0 spiro atoms. The lowest BCUT2D eigenvalue weighted by Crippen LogP contribution is -2.41. The van der Waals surface area contributed by atoms with Crippen LogP contribution in [0.1, 0.15) is 6.92 Å². The Morgan fingerprint density at radius 3 is 2.29 bits per heavy atom. The zero-order valence-electron chi connectivity index (χ0n) is 8.49. The lowest BCUT2D eigenvalue weighted by molar-refractivity contribution is -0.133. The highest BCUT2D eigenvalue weighted by Gasteiger charge is 2.13. The van der Waals surface area contributed by atoms with Crippen LogP contribution >= 0.6 is 22.9 Å². The van der Waals surface area contributed by atoms with Crippen LogP contribution in [-0.4, -0.2) is 52.9 Å². The number of hydrogen-bond acceptors (Lipinski definition) is 4. The van der Waals surface area contributed by atoms with Gasteiger partial charge in [0.05, 0.1) is 13.1 Å². The maximum Gasteiger partial charge on any atom is 0.236 e. The minimum atomic E-state index is -0.182. The molecule has 2 N–H and O–H groups in total. The molecular formula is C8H16IN3O2. The number of likely N-dealkylation sites (N-methyl/N-ethyl adjacent to an activating group) is 1. The van der Waals surface area contributed by atoms with Crippen LogP contribution in [-0.2, 0) is 9.59 Å². The summed E-state index contributed by atoms with van der Waals surface area (Å²) in [7, 11) is 1.90. The lowest BCUT2D eigenvalue weighted by Gasteiger charge is -2.21. The fourth-order valence-electron chi connectivity index (χ4n) is 0.948. The van der Waals surface area contributed by atoms with Gasteiger partial charge in [0.15, 0.2) is 0 Å². The smallest absolute Gasteiger partial charge is 0.236 e. The lowest BCUT2D eigenvalue weighted by atomic mass is 10.3. The SMILES string of the molecule is CC(=O)CN(CCN(C)I)C(=O)CN. The van der Waals surface area contributed by atoms with Crippen LogP contribution in [0.4, 0.5) is 0 Å². The summed E-state index contributed by atoms with van der Waals surface area (Å²) in [6.07, 6.45) is 0. The molecule has 0 saturated heterocycles. The normalized spacial score (nSPS) is 10.4. The average molecular weight is 313 g/mol. The first-order valence-corrected chi connectivity index (χ1v) is 5.28. The van der Waals surface area contributed by atoms with Crippen molar-refractivity contribution in [3.8, 4) is 0 Å². The molecule has 14 heavy (non-hydrogen) atoms. The van der Waals surface area contributed by atoms with Gasteiger partial charge in [0.2, 0.25) is 5.91 Å². The first-order chi connectivity index (χ1) is 6.47. The highest BCUT2D eigenvalue weighted by Crippen LogP contribution is 1.95. The molecule has 0 radical (unpaired) electrons. The molecule has 0 saturated carbocycles. The van der Waals surface area contributed by atoms with E-state index in [4.69, 9.17) is 5.73 Å². The van der Waals surface area contributed by atoms with E-state index in [9.17, 15) is 9.59 Å². The van der Waals surface area contributed by atoms with Gasteiger partial charge in [-0.25, -0.2) is 3.11 Å². The van der Waals surface area contributed by atoms with Crippen molar-refractivity contribution in [2.45, 2.75) is 6.92 Å². The third kappa shape index (κ3) is 6.28. The van der Waals surface area contributed by atoms with Crippen molar-refractivity contribution in [1.82, 2.24) is 8.01 Å².